The van der Waals surface area contributed by atoms with Crippen molar-refractivity contribution >= 4 is 5.97 Å². The lowest BCUT2D eigenvalue weighted by molar-refractivity contribution is -0.140. The van der Waals surface area contributed by atoms with Crippen LogP contribution in [0.5, 0.6) is 0 Å². The predicted molar refractivity (Wildman–Crippen MR) is 54.5 cm³/mol. The molecule has 5 nitrogen and oxygen atoms in total. The van der Waals surface area contributed by atoms with Crippen LogP contribution < -0.4 is 5.32 Å². The molecule has 0 aromatic heterocycles. The maximum Gasteiger partial charge on any atom is 0.305 e. The van der Waals surface area contributed by atoms with E-state index in [1.165, 1.54) is 7.11 Å². The van der Waals surface area contributed by atoms with Gasteiger partial charge in [-0.05, 0) is 13.0 Å². The van der Waals surface area contributed by atoms with E-state index in [4.69, 9.17) is 4.74 Å². The number of methoxy groups -OCH3 is 1. The van der Waals surface area contributed by atoms with Crippen molar-refractivity contribution in [3.05, 3.63) is 0 Å². The summed E-state index contributed by atoms with van der Waals surface area (Å²) in [4.78, 5) is 10.8. The van der Waals surface area contributed by atoms with Crippen molar-refractivity contribution in [1.82, 2.24) is 5.32 Å². The zero-order chi connectivity index (χ0) is 11.1. The zero-order valence-electron chi connectivity index (χ0n) is 9.12. The summed E-state index contributed by atoms with van der Waals surface area (Å²) in [5.41, 5.74) is -0.717. The first-order valence-corrected chi connectivity index (χ1v) is 5.24. The van der Waals surface area contributed by atoms with Crippen molar-refractivity contribution in [2.45, 2.75) is 24.9 Å². The highest BCUT2D eigenvalue weighted by Crippen LogP contribution is 2.16. The molecule has 88 valence electrons. The Morgan fingerprint density at radius 1 is 1.67 bits per heavy atom. The fraction of sp³-hybridized carbons (Fsp3) is 0.900. The predicted octanol–water partition coefficient (Wildman–Crippen LogP) is -0.319. The number of hydrogen-bond donors (Lipinski definition) is 2. The molecule has 0 aromatic rings. The summed E-state index contributed by atoms with van der Waals surface area (Å²) in [6, 6.07) is 0. The van der Waals surface area contributed by atoms with E-state index >= 15 is 0 Å². The summed E-state index contributed by atoms with van der Waals surface area (Å²) in [6.07, 6.45) is 1.82. The number of carbonyl (C=O) groups is 1. The van der Waals surface area contributed by atoms with Crippen LogP contribution >= 0.6 is 0 Å². The molecule has 1 atom stereocenters. The van der Waals surface area contributed by atoms with Crippen molar-refractivity contribution in [2.75, 3.05) is 33.4 Å². The first-order valence-electron chi connectivity index (χ1n) is 5.24. The third-order valence-corrected chi connectivity index (χ3v) is 2.50. The molecule has 1 aliphatic heterocycles. The van der Waals surface area contributed by atoms with Crippen LogP contribution in [0.25, 0.3) is 0 Å². The fourth-order valence-electron chi connectivity index (χ4n) is 1.52. The summed E-state index contributed by atoms with van der Waals surface area (Å²) in [5.74, 6) is -0.195. The minimum atomic E-state index is -0.717. The van der Waals surface area contributed by atoms with Crippen LogP contribution in [0.1, 0.15) is 19.3 Å². The van der Waals surface area contributed by atoms with Crippen LogP contribution in [0.2, 0.25) is 0 Å². The van der Waals surface area contributed by atoms with E-state index in [0.29, 0.717) is 39.1 Å². The van der Waals surface area contributed by atoms with E-state index in [9.17, 15) is 9.90 Å². The van der Waals surface area contributed by atoms with Gasteiger partial charge in [-0.1, -0.05) is 0 Å². The molecular weight excluding hydrogens is 198 g/mol. The number of carbonyl (C=O) groups excluding carboxylic acids is 1. The number of nitrogens with one attached hydrogen (secondary N) is 1. The van der Waals surface area contributed by atoms with Crippen LogP contribution in [0, 0.1) is 0 Å². The summed E-state index contributed by atoms with van der Waals surface area (Å²) in [5, 5.41) is 13.0. The van der Waals surface area contributed by atoms with Crippen LogP contribution in [0.3, 0.4) is 0 Å². The van der Waals surface area contributed by atoms with Crippen LogP contribution in [0.4, 0.5) is 0 Å². The second kappa shape index (κ2) is 6.05. The number of hydrogen-bond acceptors (Lipinski definition) is 5. The lowest BCUT2D eigenvalue weighted by Gasteiger charge is -2.20. The molecule has 1 heterocycles. The molecule has 0 amide bonds. The second-order valence-electron chi connectivity index (χ2n) is 3.88. The Hall–Kier alpha value is -0.650. The standard InChI is InChI=1S/C10H19NO4/c1-14-9(12)3-2-5-11-7-10(13)4-6-15-8-10/h11,13H,2-8H2,1H3. The quantitative estimate of drug-likeness (QED) is 0.471. The van der Waals surface area contributed by atoms with E-state index in [2.05, 4.69) is 10.1 Å². The monoisotopic (exact) mass is 217 g/mol. The van der Waals surface area contributed by atoms with Gasteiger partial charge >= 0.3 is 5.97 Å². The van der Waals surface area contributed by atoms with E-state index in [1.807, 2.05) is 0 Å². The molecule has 1 saturated heterocycles. The first-order chi connectivity index (χ1) is 7.16. The SMILES string of the molecule is COC(=O)CCCNCC1(O)CCOC1. The smallest absolute Gasteiger partial charge is 0.305 e. The average molecular weight is 217 g/mol. The molecule has 1 fully saturated rings. The Labute approximate surface area is 89.8 Å². The highest BCUT2D eigenvalue weighted by molar-refractivity contribution is 5.69. The third-order valence-electron chi connectivity index (χ3n) is 2.50. The third kappa shape index (κ3) is 4.59. The van der Waals surface area contributed by atoms with Gasteiger partial charge in [0.15, 0.2) is 0 Å². The lowest BCUT2D eigenvalue weighted by Crippen LogP contribution is -2.41. The lowest BCUT2D eigenvalue weighted by atomic mass is 10.0. The van der Waals surface area contributed by atoms with Gasteiger partial charge in [-0.15, -0.1) is 0 Å². The molecule has 15 heavy (non-hydrogen) atoms. The molecule has 1 rings (SSSR count). The van der Waals surface area contributed by atoms with Gasteiger partial charge in [0.25, 0.3) is 0 Å². The van der Waals surface area contributed by atoms with E-state index in [-0.39, 0.29) is 5.97 Å². The van der Waals surface area contributed by atoms with Gasteiger partial charge in [0.1, 0.15) is 5.60 Å². The molecular formula is C10H19NO4. The minimum Gasteiger partial charge on any atom is -0.469 e. The number of aliphatic hydroxyl groups is 1. The molecule has 0 aromatic carbocycles. The highest BCUT2D eigenvalue weighted by Gasteiger charge is 2.31. The number of esters is 1. The van der Waals surface area contributed by atoms with E-state index in [1.54, 1.807) is 0 Å². The fourth-order valence-corrected chi connectivity index (χ4v) is 1.52. The average Bonchev–Trinajstić information content (AvgIpc) is 2.64. The summed E-state index contributed by atoms with van der Waals surface area (Å²) < 4.78 is 9.62. The topological polar surface area (TPSA) is 67.8 Å². The Balaban J connectivity index is 1.99. The Morgan fingerprint density at radius 3 is 3.07 bits per heavy atom. The van der Waals surface area contributed by atoms with Crippen molar-refractivity contribution in [2.24, 2.45) is 0 Å². The van der Waals surface area contributed by atoms with Crippen molar-refractivity contribution in [3.8, 4) is 0 Å². The molecule has 0 saturated carbocycles. The van der Waals surface area contributed by atoms with Crippen LogP contribution in [-0.2, 0) is 14.3 Å². The Bertz CT molecular complexity index is 202. The molecule has 1 aliphatic rings. The highest BCUT2D eigenvalue weighted by atomic mass is 16.5. The molecule has 0 radical (unpaired) electrons. The van der Waals surface area contributed by atoms with Gasteiger partial charge in [-0.25, -0.2) is 0 Å². The summed E-state index contributed by atoms with van der Waals surface area (Å²) >= 11 is 0. The van der Waals surface area contributed by atoms with Gasteiger partial charge in [-0.3, -0.25) is 4.79 Å². The van der Waals surface area contributed by atoms with Crippen molar-refractivity contribution in [1.29, 1.82) is 0 Å². The van der Waals surface area contributed by atoms with E-state index in [0.717, 1.165) is 6.42 Å². The van der Waals surface area contributed by atoms with Gasteiger partial charge in [0, 0.05) is 26.0 Å². The number of ether oxygens (including phenoxy) is 2. The molecule has 1 unspecified atom stereocenters. The zero-order valence-corrected chi connectivity index (χ0v) is 9.12. The maximum absolute atomic E-state index is 10.8. The van der Waals surface area contributed by atoms with Gasteiger partial charge in [0.2, 0.25) is 0 Å². The molecule has 5 heteroatoms. The van der Waals surface area contributed by atoms with Gasteiger partial charge in [-0.2, -0.15) is 0 Å². The Morgan fingerprint density at radius 2 is 2.47 bits per heavy atom. The first kappa shape index (κ1) is 12.4. The van der Waals surface area contributed by atoms with Crippen LogP contribution in [-0.4, -0.2) is 50.1 Å². The normalized spacial score (nSPS) is 25.5. The molecule has 0 bridgehead atoms. The molecule has 2 N–H and O–H groups in total. The molecule has 0 aliphatic carbocycles. The summed E-state index contributed by atoms with van der Waals surface area (Å²) in [6.45, 7) is 2.25. The van der Waals surface area contributed by atoms with Crippen molar-refractivity contribution in [3.63, 3.8) is 0 Å². The van der Waals surface area contributed by atoms with Gasteiger partial charge in [0.05, 0.1) is 13.7 Å². The number of rotatable bonds is 6. The summed E-state index contributed by atoms with van der Waals surface area (Å²) in [7, 11) is 1.38. The van der Waals surface area contributed by atoms with Crippen molar-refractivity contribution < 1.29 is 19.4 Å². The largest absolute Gasteiger partial charge is 0.469 e. The van der Waals surface area contributed by atoms with Gasteiger partial charge < -0.3 is 19.9 Å². The Kier molecular flexibility index (Phi) is 5.01. The van der Waals surface area contributed by atoms with E-state index < -0.39 is 5.60 Å². The maximum atomic E-state index is 10.8. The second-order valence-corrected chi connectivity index (χ2v) is 3.88. The molecule has 0 spiro atoms. The van der Waals surface area contributed by atoms with Crippen LogP contribution in [0.15, 0.2) is 0 Å². The minimum absolute atomic E-state index is 0.195.